The Hall–Kier alpha value is -4.18. The van der Waals surface area contributed by atoms with Crippen LogP contribution in [-0.4, -0.2) is 49.5 Å². The fourth-order valence-corrected chi connectivity index (χ4v) is 2.63. The van der Waals surface area contributed by atoms with E-state index in [0.29, 0.717) is 6.07 Å². The predicted octanol–water partition coefficient (Wildman–Crippen LogP) is -0.128. The highest BCUT2D eigenvalue weighted by Gasteiger charge is 2.21. The highest BCUT2D eigenvalue weighted by Crippen LogP contribution is 2.30. The molecule has 0 fully saturated rings. The van der Waals surface area contributed by atoms with Crippen LogP contribution >= 0.6 is 0 Å². The monoisotopic (exact) mass is 512 g/mol. The third-order valence-corrected chi connectivity index (χ3v) is 4.44. The van der Waals surface area contributed by atoms with Gasteiger partial charge in [-0.25, -0.2) is 0 Å². The minimum atomic E-state index is -1.80. The highest BCUT2D eigenvalue weighted by atomic mass is 16.8. The smallest absolute Gasteiger partial charge is 0.296 e. The fourth-order valence-electron chi connectivity index (χ4n) is 2.63. The summed E-state index contributed by atoms with van der Waals surface area (Å²) in [5.41, 5.74) is 6.70. The Morgan fingerprint density at radius 1 is 0.972 bits per heavy atom. The topological polar surface area (TPSA) is 294 Å². The van der Waals surface area contributed by atoms with Gasteiger partial charge in [-0.15, -0.1) is 5.23 Å². The van der Waals surface area contributed by atoms with Crippen LogP contribution in [-0.2, 0) is 0 Å². The van der Waals surface area contributed by atoms with Crippen LogP contribution in [0, 0.1) is 30.9 Å². The molecule has 9 N–H and O–H groups in total. The molecule has 19 heteroatoms. The molecule has 0 aliphatic heterocycles. The van der Waals surface area contributed by atoms with Crippen molar-refractivity contribution in [1.82, 2.24) is 10.9 Å². The Labute approximate surface area is 201 Å². The number of aliphatic hydroxyl groups excluding tert-OH is 3. The lowest BCUT2D eigenvalue weighted by Gasteiger charge is -2.38. The van der Waals surface area contributed by atoms with E-state index in [1.54, 1.807) is 0 Å². The van der Waals surface area contributed by atoms with Crippen molar-refractivity contribution in [3.05, 3.63) is 79.2 Å². The second-order valence-corrected chi connectivity index (χ2v) is 6.78. The SMILES string of the molecule is O=[N+]([O-])c1cc(N([O-])[O-])ccc1NNC=C(NNc1ccc(N([O-])[O-])cc1N(O)O)C(O)C(O)CO. The second-order valence-electron chi connectivity index (χ2n) is 6.78. The number of nitro benzene ring substituents is 1. The maximum absolute atomic E-state index is 11.2. The van der Waals surface area contributed by atoms with Gasteiger partial charge in [-0.2, -0.15) is 0 Å². The van der Waals surface area contributed by atoms with Crippen LogP contribution in [0.5, 0.6) is 0 Å². The molecule has 0 bridgehead atoms. The van der Waals surface area contributed by atoms with Crippen LogP contribution in [0.4, 0.5) is 34.1 Å². The van der Waals surface area contributed by atoms with Gasteiger partial charge in [-0.1, -0.05) is 0 Å². The molecule has 2 unspecified atom stereocenters. The molecule has 0 amide bonds. The van der Waals surface area contributed by atoms with E-state index in [-0.39, 0.29) is 17.1 Å². The van der Waals surface area contributed by atoms with E-state index in [4.69, 9.17) is 5.11 Å². The molecule has 0 radical (unpaired) electrons. The van der Waals surface area contributed by atoms with Crippen molar-refractivity contribution in [1.29, 1.82) is 0 Å². The van der Waals surface area contributed by atoms with Gasteiger partial charge in [-0.05, 0) is 30.3 Å². The van der Waals surface area contributed by atoms with Gasteiger partial charge in [0.1, 0.15) is 23.6 Å². The van der Waals surface area contributed by atoms with Gasteiger partial charge < -0.3 is 57.5 Å². The molecule has 0 aliphatic carbocycles. The molecule has 0 saturated heterocycles. The van der Waals surface area contributed by atoms with Crippen molar-refractivity contribution in [2.75, 3.05) is 33.1 Å². The van der Waals surface area contributed by atoms with Gasteiger partial charge in [-0.3, -0.25) is 31.4 Å². The standard InChI is InChI=1S/C17H20N8O11/c26-8-16(27)17(28)13(21-20-12-4-2-10(23(31)32)6-15(12)25(35)36)7-18-19-11-3-1-9(22(29)30)5-14(11)24(33)34/h1-7,16-21,26-28,35-36H,8H2/q-4. The van der Waals surface area contributed by atoms with Gasteiger partial charge in [0.25, 0.3) is 5.69 Å². The van der Waals surface area contributed by atoms with E-state index < -0.39 is 62.2 Å². The summed E-state index contributed by atoms with van der Waals surface area (Å²) in [4.78, 5) is 10.4. The molecule has 2 aromatic carbocycles. The number of nitrogens with one attached hydrogen (secondary N) is 4. The van der Waals surface area contributed by atoms with Gasteiger partial charge in [0, 0.05) is 23.6 Å². The van der Waals surface area contributed by atoms with Gasteiger partial charge in [0.05, 0.1) is 22.9 Å². The molecule has 2 aromatic rings. The Morgan fingerprint density at radius 2 is 1.56 bits per heavy atom. The molecule has 2 atom stereocenters. The molecule has 0 heterocycles. The van der Waals surface area contributed by atoms with Gasteiger partial charge >= 0.3 is 0 Å². The van der Waals surface area contributed by atoms with E-state index in [1.807, 2.05) is 0 Å². The zero-order valence-electron chi connectivity index (χ0n) is 17.9. The summed E-state index contributed by atoms with van der Waals surface area (Å²) in [6.45, 7) is -0.884. The van der Waals surface area contributed by atoms with E-state index in [0.717, 1.165) is 36.5 Å². The lowest BCUT2D eigenvalue weighted by atomic mass is 10.1. The Kier molecular flexibility index (Phi) is 9.74. The molecule has 0 saturated carbocycles. The highest BCUT2D eigenvalue weighted by molar-refractivity contribution is 5.73. The summed E-state index contributed by atoms with van der Waals surface area (Å²) in [7, 11) is 0. The molecule has 0 aliphatic rings. The van der Waals surface area contributed by atoms with Crippen LogP contribution in [0.25, 0.3) is 0 Å². The summed E-state index contributed by atoms with van der Waals surface area (Å²) in [5, 5.41) is 101. The van der Waals surface area contributed by atoms with Crippen LogP contribution in [0.3, 0.4) is 0 Å². The summed E-state index contributed by atoms with van der Waals surface area (Å²) < 4.78 is 0. The van der Waals surface area contributed by atoms with Crippen LogP contribution in [0.1, 0.15) is 0 Å². The number of benzene rings is 2. The van der Waals surface area contributed by atoms with Crippen molar-refractivity contribution >= 4 is 34.1 Å². The summed E-state index contributed by atoms with van der Waals surface area (Å²) >= 11 is 0. The first-order valence-electron chi connectivity index (χ1n) is 9.56. The normalized spacial score (nSPS) is 12.9. The predicted molar refractivity (Wildman–Crippen MR) is 125 cm³/mol. The van der Waals surface area contributed by atoms with Crippen molar-refractivity contribution in [3.8, 4) is 0 Å². The fraction of sp³-hybridized carbons (Fsp3) is 0.176. The number of hydrogen-bond acceptors (Lipinski definition) is 18. The molecule has 19 nitrogen and oxygen atoms in total. The lowest BCUT2D eigenvalue weighted by Crippen LogP contribution is -2.39. The number of rotatable bonds is 13. The second kappa shape index (κ2) is 12.5. The van der Waals surface area contributed by atoms with E-state index in [9.17, 15) is 51.6 Å². The number of hydrogen-bond donors (Lipinski definition) is 9. The quantitative estimate of drug-likeness (QED) is 0.125. The summed E-state index contributed by atoms with van der Waals surface area (Å²) in [6, 6.07) is 5.66. The van der Waals surface area contributed by atoms with Crippen LogP contribution in [0.15, 0.2) is 48.3 Å². The number of nitrogens with zero attached hydrogens (tertiary/aromatic N) is 4. The number of aliphatic hydroxyl groups is 3. The molecule has 0 spiro atoms. The Balaban J connectivity index is 2.26. The van der Waals surface area contributed by atoms with Crippen molar-refractivity contribution in [2.45, 2.75) is 12.2 Å². The third-order valence-electron chi connectivity index (χ3n) is 4.44. The minimum absolute atomic E-state index is 0.152. The number of nitro groups is 1. The minimum Gasteiger partial charge on any atom is -0.769 e. The average Bonchev–Trinajstić information content (AvgIpc) is 2.84. The molecule has 198 valence electrons. The van der Waals surface area contributed by atoms with E-state index in [1.165, 1.54) is 0 Å². The molecular weight excluding hydrogens is 492 g/mol. The lowest BCUT2D eigenvalue weighted by molar-refractivity contribution is -0.383. The zero-order valence-corrected chi connectivity index (χ0v) is 17.9. The van der Waals surface area contributed by atoms with Gasteiger partial charge in [0.2, 0.25) is 0 Å². The molecule has 36 heavy (non-hydrogen) atoms. The Morgan fingerprint density at radius 3 is 2.08 bits per heavy atom. The molecular formula is C17H20N8O11-4. The Bertz CT molecular complexity index is 1070. The maximum Gasteiger partial charge on any atom is 0.296 e. The molecule has 0 aromatic heterocycles. The summed E-state index contributed by atoms with van der Waals surface area (Å²) in [6.07, 6.45) is -2.57. The van der Waals surface area contributed by atoms with E-state index >= 15 is 0 Å². The zero-order chi connectivity index (χ0) is 27.0. The third kappa shape index (κ3) is 7.16. The molecule has 2 rings (SSSR count). The summed E-state index contributed by atoms with van der Waals surface area (Å²) in [5.74, 6) is 0. The van der Waals surface area contributed by atoms with Crippen LogP contribution in [0.2, 0.25) is 0 Å². The van der Waals surface area contributed by atoms with Crippen molar-refractivity contribution < 1.29 is 30.7 Å². The average molecular weight is 512 g/mol. The van der Waals surface area contributed by atoms with Gasteiger partial charge in [0.15, 0.2) is 0 Å². The van der Waals surface area contributed by atoms with Crippen LogP contribution < -0.4 is 37.4 Å². The first-order chi connectivity index (χ1) is 17.0. The first-order valence-corrected chi connectivity index (χ1v) is 9.56. The van der Waals surface area contributed by atoms with E-state index in [2.05, 4.69) is 21.7 Å². The number of hydrazine groups is 2. The van der Waals surface area contributed by atoms with Crippen molar-refractivity contribution in [3.63, 3.8) is 0 Å². The maximum atomic E-state index is 11.2. The largest absolute Gasteiger partial charge is 0.769 e. The number of anilines is 5. The first kappa shape index (κ1) is 28.1. The van der Waals surface area contributed by atoms with Crippen molar-refractivity contribution in [2.24, 2.45) is 0 Å².